The SMILES string of the molecule is Cc1ccc(C(=O)NC(C)CCCC(C)C(=O)O)cc1N. The Morgan fingerprint density at radius 2 is 1.95 bits per heavy atom. The number of nitrogens with two attached hydrogens (primary N) is 1. The summed E-state index contributed by atoms with van der Waals surface area (Å²) in [6, 6.07) is 5.24. The average molecular weight is 292 g/mol. The Balaban J connectivity index is 2.43. The van der Waals surface area contributed by atoms with Gasteiger partial charge in [0.25, 0.3) is 5.91 Å². The van der Waals surface area contributed by atoms with Crippen LogP contribution in [0.4, 0.5) is 5.69 Å². The average Bonchev–Trinajstić information content (AvgIpc) is 2.41. The highest BCUT2D eigenvalue weighted by molar-refractivity contribution is 5.95. The second-order valence-corrected chi connectivity index (χ2v) is 5.62. The number of rotatable bonds is 7. The molecule has 0 aromatic heterocycles. The van der Waals surface area contributed by atoms with Crippen molar-refractivity contribution in [3.63, 3.8) is 0 Å². The zero-order valence-corrected chi connectivity index (χ0v) is 12.8. The Hall–Kier alpha value is -2.04. The first kappa shape index (κ1) is 17.0. The third kappa shape index (κ3) is 5.45. The summed E-state index contributed by atoms with van der Waals surface area (Å²) in [4.78, 5) is 22.8. The van der Waals surface area contributed by atoms with E-state index in [1.165, 1.54) is 0 Å². The van der Waals surface area contributed by atoms with Gasteiger partial charge in [-0.3, -0.25) is 9.59 Å². The largest absolute Gasteiger partial charge is 0.481 e. The summed E-state index contributed by atoms with van der Waals surface area (Å²) < 4.78 is 0. The molecule has 0 aliphatic rings. The molecule has 116 valence electrons. The molecule has 0 radical (unpaired) electrons. The molecule has 5 nitrogen and oxygen atoms in total. The maximum Gasteiger partial charge on any atom is 0.306 e. The van der Waals surface area contributed by atoms with Gasteiger partial charge in [-0.05, 0) is 44.4 Å². The van der Waals surface area contributed by atoms with E-state index < -0.39 is 5.97 Å². The molecule has 21 heavy (non-hydrogen) atoms. The number of aliphatic carboxylic acids is 1. The van der Waals surface area contributed by atoms with Crippen molar-refractivity contribution in [1.82, 2.24) is 5.32 Å². The first-order valence-corrected chi connectivity index (χ1v) is 7.21. The maximum absolute atomic E-state index is 12.1. The number of nitrogen functional groups attached to an aromatic ring is 1. The van der Waals surface area contributed by atoms with Gasteiger partial charge < -0.3 is 16.2 Å². The number of carboxylic acids is 1. The molecule has 0 aliphatic carbocycles. The van der Waals surface area contributed by atoms with Crippen molar-refractivity contribution in [3.8, 4) is 0 Å². The molecule has 0 saturated carbocycles. The van der Waals surface area contributed by atoms with Crippen LogP contribution in [-0.4, -0.2) is 23.0 Å². The Morgan fingerprint density at radius 1 is 1.29 bits per heavy atom. The maximum atomic E-state index is 12.1. The quantitative estimate of drug-likeness (QED) is 0.673. The molecule has 1 rings (SSSR count). The summed E-state index contributed by atoms with van der Waals surface area (Å²) in [5, 5.41) is 11.7. The van der Waals surface area contributed by atoms with Crippen LogP contribution in [0.1, 0.15) is 49.0 Å². The van der Waals surface area contributed by atoms with E-state index in [9.17, 15) is 9.59 Å². The zero-order valence-electron chi connectivity index (χ0n) is 12.8. The highest BCUT2D eigenvalue weighted by atomic mass is 16.4. The van der Waals surface area contributed by atoms with E-state index in [2.05, 4.69) is 5.32 Å². The van der Waals surface area contributed by atoms with E-state index in [4.69, 9.17) is 10.8 Å². The number of aryl methyl sites for hydroxylation is 1. The van der Waals surface area contributed by atoms with Gasteiger partial charge in [0.05, 0.1) is 5.92 Å². The van der Waals surface area contributed by atoms with Crippen LogP contribution in [-0.2, 0) is 4.79 Å². The second-order valence-electron chi connectivity index (χ2n) is 5.62. The van der Waals surface area contributed by atoms with E-state index in [1.807, 2.05) is 19.9 Å². The molecule has 0 bridgehead atoms. The monoisotopic (exact) mass is 292 g/mol. The molecule has 5 heteroatoms. The summed E-state index contributed by atoms with van der Waals surface area (Å²) in [7, 11) is 0. The number of anilines is 1. The summed E-state index contributed by atoms with van der Waals surface area (Å²) in [6.07, 6.45) is 2.14. The lowest BCUT2D eigenvalue weighted by atomic mass is 10.0. The van der Waals surface area contributed by atoms with E-state index in [0.717, 1.165) is 18.4 Å². The van der Waals surface area contributed by atoms with Crippen molar-refractivity contribution < 1.29 is 14.7 Å². The fourth-order valence-corrected chi connectivity index (χ4v) is 2.01. The molecule has 1 aromatic rings. The standard InChI is InChI=1S/C16H24N2O3/c1-10-7-8-13(9-14(10)17)15(19)18-12(3)6-4-5-11(2)16(20)21/h7-9,11-12H,4-6,17H2,1-3H3,(H,18,19)(H,20,21). The van der Waals surface area contributed by atoms with Crippen LogP contribution in [0.2, 0.25) is 0 Å². The molecule has 0 aliphatic heterocycles. The van der Waals surface area contributed by atoms with E-state index in [-0.39, 0.29) is 17.9 Å². The van der Waals surface area contributed by atoms with Gasteiger partial charge in [0.1, 0.15) is 0 Å². The van der Waals surface area contributed by atoms with Crippen molar-refractivity contribution in [2.75, 3.05) is 5.73 Å². The molecular formula is C16H24N2O3. The van der Waals surface area contributed by atoms with Crippen LogP contribution < -0.4 is 11.1 Å². The zero-order chi connectivity index (χ0) is 16.0. The fourth-order valence-electron chi connectivity index (χ4n) is 2.01. The molecule has 0 spiro atoms. The molecule has 4 N–H and O–H groups in total. The van der Waals surface area contributed by atoms with E-state index in [0.29, 0.717) is 17.7 Å². The third-order valence-corrected chi connectivity index (χ3v) is 3.61. The number of carbonyl (C=O) groups excluding carboxylic acids is 1. The fraction of sp³-hybridized carbons (Fsp3) is 0.500. The minimum Gasteiger partial charge on any atom is -0.481 e. The van der Waals surface area contributed by atoms with Crippen LogP contribution in [0, 0.1) is 12.8 Å². The van der Waals surface area contributed by atoms with Crippen molar-refractivity contribution in [3.05, 3.63) is 29.3 Å². The molecular weight excluding hydrogens is 268 g/mol. The van der Waals surface area contributed by atoms with Gasteiger partial charge in [0.2, 0.25) is 0 Å². The number of carbonyl (C=O) groups is 2. The number of carboxylic acid groups (broad SMARTS) is 1. The normalized spacial score (nSPS) is 13.5. The number of nitrogens with one attached hydrogen (secondary N) is 1. The topological polar surface area (TPSA) is 92.4 Å². The molecule has 2 unspecified atom stereocenters. The first-order valence-electron chi connectivity index (χ1n) is 7.21. The number of benzene rings is 1. The van der Waals surface area contributed by atoms with Crippen LogP contribution in [0.25, 0.3) is 0 Å². The van der Waals surface area contributed by atoms with Crippen molar-refractivity contribution in [1.29, 1.82) is 0 Å². The van der Waals surface area contributed by atoms with Crippen LogP contribution >= 0.6 is 0 Å². The molecule has 0 fully saturated rings. The van der Waals surface area contributed by atoms with Gasteiger partial charge in [-0.2, -0.15) is 0 Å². The highest BCUT2D eigenvalue weighted by Crippen LogP contribution is 2.14. The number of amides is 1. The van der Waals surface area contributed by atoms with Crippen LogP contribution in [0.5, 0.6) is 0 Å². The van der Waals surface area contributed by atoms with Crippen molar-refractivity contribution in [2.24, 2.45) is 5.92 Å². The minimum absolute atomic E-state index is 0.000947. The van der Waals surface area contributed by atoms with Gasteiger partial charge in [-0.15, -0.1) is 0 Å². The molecule has 1 aromatic carbocycles. The predicted octanol–water partition coefficient (Wildman–Crippen LogP) is 2.59. The Morgan fingerprint density at radius 3 is 2.52 bits per heavy atom. The summed E-state index contributed by atoms with van der Waals surface area (Å²) >= 11 is 0. The number of hydrogen-bond acceptors (Lipinski definition) is 3. The lowest BCUT2D eigenvalue weighted by molar-refractivity contribution is -0.141. The van der Waals surface area contributed by atoms with E-state index >= 15 is 0 Å². The van der Waals surface area contributed by atoms with Gasteiger partial charge >= 0.3 is 5.97 Å². The van der Waals surface area contributed by atoms with Gasteiger partial charge in [-0.25, -0.2) is 0 Å². The second kappa shape index (κ2) is 7.67. The highest BCUT2D eigenvalue weighted by Gasteiger charge is 2.13. The number of hydrogen-bond donors (Lipinski definition) is 3. The molecule has 2 atom stereocenters. The minimum atomic E-state index is -0.776. The molecule has 0 heterocycles. The van der Waals surface area contributed by atoms with Gasteiger partial charge in [-0.1, -0.05) is 19.4 Å². The third-order valence-electron chi connectivity index (χ3n) is 3.61. The van der Waals surface area contributed by atoms with Gasteiger partial charge in [0.15, 0.2) is 0 Å². The lowest BCUT2D eigenvalue weighted by Gasteiger charge is -2.15. The summed E-state index contributed by atoms with van der Waals surface area (Å²) in [5.41, 5.74) is 7.89. The van der Waals surface area contributed by atoms with Gasteiger partial charge in [0, 0.05) is 17.3 Å². The first-order chi connectivity index (χ1) is 9.81. The predicted molar refractivity (Wildman–Crippen MR) is 83.2 cm³/mol. The Bertz CT molecular complexity index is 514. The smallest absolute Gasteiger partial charge is 0.306 e. The molecule has 0 saturated heterocycles. The summed E-state index contributed by atoms with van der Waals surface area (Å²) in [5.74, 6) is -1.27. The van der Waals surface area contributed by atoms with Crippen molar-refractivity contribution >= 4 is 17.6 Å². The summed E-state index contributed by atoms with van der Waals surface area (Å²) in [6.45, 7) is 5.50. The van der Waals surface area contributed by atoms with E-state index in [1.54, 1.807) is 19.1 Å². The Labute approximate surface area is 125 Å². The van der Waals surface area contributed by atoms with Crippen LogP contribution in [0.15, 0.2) is 18.2 Å². The Kier molecular flexibility index (Phi) is 6.21. The lowest BCUT2D eigenvalue weighted by Crippen LogP contribution is -2.32. The molecule has 1 amide bonds. The van der Waals surface area contributed by atoms with Crippen LogP contribution in [0.3, 0.4) is 0 Å². The van der Waals surface area contributed by atoms with Crippen molar-refractivity contribution in [2.45, 2.75) is 46.1 Å².